The first-order valence-corrected chi connectivity index (χ1v) is 9.75. The number of hydrazine groups is 1. The fraction of sp³-hybridized carbons (Fsp3) is 0.600. The summed E-state index contributed by atoms with van der Waals surface area (Å²) in [6, 6.07) is 0.279. The second-order valence-corrected chi connectivity index (χ2v) is 7.88. The SMILES string of the molecule is [N-]=[N+]=N[C@@H]1[C@@H](O)[C@@H](Sc2cc(Cl)cnc2C(=O)NN2CCC2)O[C@H](CO)[C@@H]1O. The number of thioether (sulfide) groups is 1. The molecule has 1 aromatic heterocycles. The van der Waals surface area contributed by atoms with E-state index in [1.165, 1.54) is 12.3 Å². The molecule has 1 amide bonds. The number of pyridine rings is 1. The molecule has 0 spiro atoms. The fourth-order valence-electron chi connectivity index (χ4n) is 2.79. The summed E-state index contributed by atoms with van der Waals surface area (Å²) in [4.78, 5) is 19.6. The van der Waals surface area contributed by atoms with Gasteiger partial charge in [0, 0.05) is 29.1 Å². The second kappa shape index (κ2) is 9.25. The molecule has 2 fully saturated rings. The number of ether oxygens (including phenoxy) is 1. The van der Waals surface area contributed by atoms with Crippen LogP contribution in [0.4, 0.5) is 0 Å². The quantitative estimate of drug-likeness (QED) is 0.284. The molecule has 13 heteroatoms. The number of hydrogen-bond acceptors (Lipinski definition) is 9. The molecule has 2 aliphatic rings. The van der Waals surface area contributed by atoms with Crippen molar-refractivity contribution in [3.8, 4) is 0 Å². The van der Waals surface area contributed by atoms with Gasteiger partial charge in [0.1, 0.15) is 23.3 Å². The summed E-state index contributed by atoms with van der Waals surface area (Å²) in [6.45, 7) is 0.949. The summed E-state index contributed by atoms with van der Waals surface area (Å²) in [6.07, 6.45) is -1.51. The molecule has 5 atom stereocenters. The van der Waals surface area contributed by atoms with Crippen LogP contribution >= 0.6 is 23.4 Å². The summed E-state index contributed by atoms with van der Waals surface area (Å²) >= 11 is 6.95. The first-order valence-electron chi connectivity index (χ1n) is 8.49. The number of amides is 1. The van der Waals surface area contributed by atoms with Gasteiger partial charge in [-0.05, 0) is 18.0 Å². The number of nitrogens with one attached hydrogen (secondary N) is 1. The number of hydrogen-bond donors (Lipinski definition) is 4. The predicted octanol–water partition coefficient (Wildman–Crippen LogP) is 0.295. The number of aromatic nitrogens is 1. The maximum Gasteiger partial charge on any atom is 0.285 e. The van der Waals surface area contributed by atoms with Gasteiger partial charge in [0.15, 0.2) is 0 Å². The van der Waals surface area contributed by atoms with E-state index in [0.717, 1.165) is 31.3 Å². The van der Waals surface area contributed by atoms with Gasteiger partial charge >= 0.3 is 0 Å². The Morgan fingerprint density at radius 1 is 1.50 bits per heavy atom. The number of carbonyl (C=O) groups excluding carboxylic acids is 1. The first kappa shape index (κ1) is 21.1. The molecule has 0 aliphatic carbocycles. The standard InChI is InChI=1S/C15H19ClN6O5S/c16-7-4-9(10(18-5-7)14(26)20-22-2-1-3-22)28-15-13(25)11(19-21-17)12(24)8(6-23)27-15/h4-5,8,11-13,15,23-25H,1-3,6H2,(H,20,26)/t8-,11+,12+,13-,15-/m1/s1. The largest absolute Gasteiger partial charge is 0.394 e. The van der Waals surface area contributed by atoms with Crippen molar-refractivity contribution in [2.75, 3.05) is 19.7 Å². The second-order valence-electron chi connectivity index (χ2n) is 6.30. The van der Waals surface area contributed by atoms with Crippen LogP contribution in [0.2, 0.25) is 5.02 Å². The molecule has 1 aromatic rings. The molecule has 11 nitrogen and oxygen atoms in total. The highest BCUT2D eigenvalue weighted by atomic mass is 35.5. The van der Waals surface area contributed by atoms with Crippen LogP contribution in [0.5, 0.6) is 0 Å². The molecule has 3 rings (SSSR count). The number of nitrogens with zero attached hydrogens (tertiary/aromatic N) is 5. The van der Waals surface area contributed by atoms with Crippen LogP contribution in [0.15, 0.2) is 22.3 Å². The van der Waals surface area contributed by atoms with Crippen LogP contribution in [0.25, 0.3) is 10.4 Å². The predicted molar refractivity (Wildman–Crippen MR) is 99.5 cm³/mol. The van der Waals surface area contributed by atoms with Crippen molar-refractivity contribution >= 4 is 29.3 Å². The van der Waals surface area contributed by atoms with Crippen molar-refractivity contribution in [1.29, 1.82) is 0 Å². The zero-order chi connectivity index (χ0) is 20.3. The zero-order valence-corrected chi connectivity index (χ0v) is 16.1. The molecule has 0 unspecified atom stereocenters. The minimum Gasteiger partial charge on any atom is -0.394 e. The highest BCUT2D eigenvalue weighted by molar-refractivity contribution is 8.00. The molecule has 3 heterocycles. The van der Waals surface area contributed by atoms with Gasteiger partial charge < -0.3 is 20.1 Å². The number of aliphatic hydroxyl groups is 3. The highest BCUT2D eigenvalue weighted by Crippen LogP contribution is 2.36. The Bertz CT molecular complexity index is 777. The number of aliphatic hydroxyl groups excluding tert-OH is 3. The van der Waals surface area contributed by atoms with Gasteiger partial charge in [-0.1, -0.05) is 28.5 Å². The van der Waals surface area contributed by atoms with Gasteiger partial charge in [-0.2, -0.15) is 0 Å². The normalized spacial score (nSPS) is 30.2. The van der Waals surface area contributed by atoms with E-state index < -0.39 is 42.3 Å². The zero-order valence-electron chi connectivity index (χ0n) is 14.6. The van der Waals surface area contributed by atoms with E-state index in [1.807, 2.05) is 0 Å². The van der Waals surface area contributed by atoms with Gasteiger partial charge in [0.05, 0.1) is 23.8 Å². The van der Waals surface area contributed by atoms with Crippen molar-refractivity contribution in [2.24, 2.45) is 5.11 Å². The van der Waals surface area contributed by atoms with Crippen LogP contribution < -0.4 is 5.43 Å². The molecule has 0 bridgehead atoms. The number of rotatable bonds is 6. The first-order chi connectivity index (χ1) is 13.4. The minimum absolute atomic E-state index is 0.0871. The van der Waals surface area contributed by atoms with E-state index in [4.69, 9.17) is 21.9 Å². The number of carbonyl (C=O) groups is 1. The number of azide groups is 1. The van der Waals surface area contributed by atoms with E-state index >= 15 is 0 Å². The summed E-state index contributed by atoms with van der Waals surface area (Å²) in [7, 11) is 0. The van der Waals surface area contributed by atoms with Crippen molar-refractivity contribution in [3.05, 3.63) is 33.4 Å². The fourth-order valence-corrected chi connectivity index (χ4v) is 4.22. The van der Waals surface area contributed by atoms with Crippen LogP contribution in [0.1, 0.15) is 16.9 Å². The molecule has 2 aliphatic heterocycles. The Labute approximate surface area is 169 Å². The Kier molecular flexibility index (Phi) is 6.96. The Morgan fingerprint density at radius 3 is 2.86 bits per heavy atom. The Hall–Kier alpha value is -1.63. The average molecular weight is 431 g/mol. The van der Waals surface area contributed by atoms with Gasteiger partial charge in [-0.3, -0.25) is 10.2 Å². The lowest BCUT2D eigenvalue weighted by Gasteiger charge is -2.40. The van der Waals surface area contributed by atoms with Crippen molar-refractivity contribution < 1.29 is 24.9 Å². The van der Waals surface area contributed by atoms with Gasteiger partial charge in [-0.15, -0.1) is 0 Å². The average Bonchev–Trinajstić information content (AvgIpc) is 2.64. The summed E-state index contributed by atoms with van der Waals surface area (Å²) in [5.74, 6) is -0.436. The van der Waals surface area contributed by atoms with Crippen LogP contribution in [0.3, 0.4) is 0 Å². The third-order valence-electron chi connectivity index (χ3n) is 4.43. The molecule has 0 aromatic carbocycles. The van der Waals surface area contributed by atoms with E-state index in [2.05, 4.69) is 20.4 Å². The molecular formula is C15H19ClN6O5S. The molecule has 2 saturated heterocycles. The van der Waals surface area contributed by atoms with Crippen LogP contribution in [0, 0.1) is 0 Å². The molecule has 0 saturated carbocycles. The van der Waals surface area contributed by atoms with E-state index in [9.17, 15) is 20.1 Å². The van der Waals surface area contributed by atoms with Crippen molar-refractivity contribution in [2.45, 2.75) is 41.1 Å². The molecular weight excluding hydrogens is 412 g/mol. The van der Waals surface area contributed by atoms with E-state index in [1.54, 1.807) is 5.01 Å². The Balaban J connectivity index is 1.83. The molecule has 0 radical (unpaired) electrons. The lowest BCUT2D eigenvalue weighted by atomic mass is 9.98. The van der Waals surface area contributed by atoms with Crippen molar-refractivity contribution in [1.82, 2.24) is 15.4 Å². The topological polar surface area (TPSA) is 164 Å². The van der Waals surface area contributed by atoms with Gasteiger partial charge in [-0.25, -0.2) is 9.99 Å². The van der Waals surface area contributed by atoms with E-state index in [0.29, 0.717) is 4.90 Å². The molecule has 28 heavy (non-hydrogen) atoms. The molecule has 152 valence electrons. The summed E-state index contributed by atoms with van der Waals surface area (Å²) in [5.41, 5.74) is 10.5. The lowest BCUT2D eigenvalue weighted by molar-refractivity contribution is -0.159. The summed E-state index contributed by atoms with van der Waals surface area (Å²) < 4.78 is 5.55. The number of halogens is 1. The highest BCUT2D eigenvalue weighted by Gasteiger charge is 2.44. The van der Waals surface area contributed by atoms with Crippen LogP contribution in [-0.2, 0) is 4.74 Å². The van der Waals surface area contributed by atoms with Crippen LogP contribution in [-0.4, -0.2) is 80.7 Å². The van der Waals surface area contributed by atoms with Gasteiger partial charge in [0.2, 0.25) is 0 Å². The Morgan fingerprint density at radius 2 is 2.25 bits per heavy atom. The summed E-state index contributed by atoms with van der Waals surface area (Å²) in [5, 5.41) is 35.5. The third kappa shape index (κ3) is 4.50. The van der Waals surface area contributed by atoms with Gasteiger partial charge in [0.25, 0.3) is 5.91 Å². The molecule has 4 N–H and O–H groups in total. The third-order valence-corrected chi connectivity index (χ3v) is 5.82. The minimum atomic E-state index is -1.39. The van der Waals surface area contributed by atoms with E-state index in [-0.39, 0.29) is 10.7 Å². The lowest BCUT2D eigenvalue weighted by Crippen LogP contribution is -2.56. The maximum absolute atomic E-state index is 12.5. The smallest absolute Gasteiger partial charge is 0.285 e. The van der Waals surface area contributed by atoms with Crippen molar-refractivity contribution in [3.63, 3.8) is 0 Å². The monoisotopic (exact) mass is 430 g/mol. The maximum atomic E-state index is 12.5.